The maximum absolute atomic E-state index is 5.89. The molecule has 3 heteroatoms. The summed E-state index contributed by atoms with van der Waals surface area (Å²) in [6, 6.07) is 10.1. The molecule has 2 nitrogen and oxygen atoms in total. The zero-order chi connectivity index (χ0) is 14.8. The molecule has 0 aliphatic rings. The second kappa shape index (κ2) is 9.67. The smallest absolute Gasteiger partial charge is 0.145 e. The van der Waals surface area contributed by atoms with E-state index in [1.54, 1.807) is 0 Å². The molecule has 0 amide bonds. The normalized spacial score (nSPS) is 10.9. The SMILES string of the molecule is SCCCCCCCCCOc1cccc2cccnc12. The number of hydrogen-bond acceptors (Lipinski definition) is 3. The average Bonchev–Trinajstić information content (AvgIpc) is 2.53. The topological polar surface area (TPSA) is 22.1 Å². The summed E-state index contributed by atoms with van der Waals surface area (Å²) in [5, 5.41) is 1.14. The van der Waals surface area contributed by atoms with E-state index in [1.807, 2.05) is 24.4 Å². The number of ether oxygens (including phenoxy) is 1. The molecule has 0 aliphatic carbocycles. The maximum atomic E-state index is 5.89. The molecule has 2 aromatic rings. The summed E-state index contributed by atoms with van der Waals surface area (Å²) >= 11 is 4.23. The number of fused-ring (bicyclic) bond motifs is 1. The van der Waals surface area contributed by atoms with Crippen molar-refractivity contribution in [3.63, 3.8) is 0 Å². The monoisotopic (exact) mass is 303 g/mol. The van der Waals surface area contributed by atoms with Crippen molar-refractivity contribution in [3.8, 4) is 5.75 Å². The highest BCUT2D eigenvalue weighted by molar-refractivity contribution is 7.80. The van der Waals surface area contributed by atoms with Crippen LogP contribution in [-0.2, 0) is 0 Å². The molecule has 0 saturated heterocycles. The van der Waals surface area contributed by atoms with Gasteiger partial charge in [0.25, 0.3) is 0 Å². The molecule has 0 radical (unpaired) electrons. The summed E-state index contributed by atoms with van der Waals surface area (Å²) in [6.45, 7) is 0.784. The first-order chi connectivity index (χ1) is 10.4. The van der Waals surface area contributed by atoms with Crippen LogP contribution >= 0.6 is 12.6 Å². The lowest BCUT2D eigenvalue weighted by Crippen LogP contribution is -1.98. The highest BCUT2D eigenvalue weighted by Crippen LogP contribution is 2.23. The minimum absolute atomic E-state index is 0.784. The van der Waals surface area contributed by atoms with Gasteiger partial charge in [-0.3, -0.25) is 4.98 Å². The Morgan fingerprint density at radius 2 is 1.57 bits per heavy atom. The molecule has 114 valence electrons. The van der Waals surface area contributed by atoms with Crippen LogP contribution in [0.2, 0.25) is 0 Å². The molecule has 2 rings (SSSR count). The van der Waals surface area contributed by atoms with Crippen LogP contribution in [0.25, 0.3) is 10.9 Å². The van der Waals surface area contributed by atoms with E-state index in [1.165, 1.54) is 38.5 Å². The summed E-state index contributed by atoms with van der Waals surface area (Å²) in [7, 11) is 0. The predicted octanol–water partition coefficient (Wildman–Crippen LogP) is 5.27. The number of thiol groups is 1. The van der Waals surface area contributed by atoms with Crippen LogP contribution in [0.4, 0.5) is 0 Å². The van der Waals surface area contributed by atoms with Gasteiger partial charge in [-0.2, -0.15) is 12.6 Å². The zero-order valence-corrected chi connectivity index (χ0v) is 13.5. The Labute approximate surface area is 133 Å². The van der Waals surface area contributed by atoms with Gasteiger partial charge in [-0.05, 0) is 30.7 Å². The lowest BCUT2D eigenvalue weighted by atomic mass is 10.1. The van der Waals surface area contributed by atoms with Crippen molar-refractivity contribution < 1.29 is 4.74 Å². The first kappa shape index (κ1) is 16.2. The second-order valence-corrected chi connectivity index (χ2v) is 5.83. The van der Waals surface area contributed by atoms with Crippen molar-refractivity contribution in [1.82, 2.24) is 4.98 Å². The van der Waals surface area contributed by atoms with Gasteiger partial charge in [0, 0.05) is 11.6 Å². The summed E-state index contributed by atoms with van der Waals surface area (Å²) < 4.78 is 5.89. The van der Waals surface area contributed by atoms with E-state index < -0.39 is 0 Å². The third-order valence-electron chi connectivity index (χ3n) is 3.66. The number of unbranched alkanes of at least 4 members (excludes halogenated alkanes) is 6. The van der Waals surface area contributed by atoms with Crippen molar-refractivity contribution >= 4 is 23.5 Å². The van der Waals surface area contributed by atoms with Gasteiger partial charge < -0.3 is 4.74 Å². The standard InChI is InChI=1S/C18H25NOS/c21-15-7-5-3-1-2-4-6-14-20-17-12-8-10-16-11-9-13-19-18(16)17/h8-13,21H,1-7,14-15H2. The fraction of sp³-hybridized carbons (Fsp3) is 0.500. The molecule has 0 spiro atoms. The van der Waals surface area contributed by atoms with Crippen LogP contribution in [0.5, 0.6) is 5.75 Å². The van der Waals surface area contributed by atoms with Gasteiger partial charge >= 0.3 is 0 Å². The Morgan fingerprint density at radius 1 is 0.857 bits per heavy atom. The van der Waals surface area contributed by atoms with E-state index in [0.29, 0.717) is 0 Å². The average molecular weight is 303 g/mol. The molecular formula is C18H25NOS. The summed E-state index contributed by atoms with van der Waals surface area (Å²) in [5.41, 5.74) is 0.965. The molecule has 0 fully saturated rings. The fourth-order valence-corrected chi connectivity index (χ4v) is 2.70. The van der Waals surface area contributed by atoms with Gasteiger partial charge in [-0.1, -0.05) is 50.3 Å². The summed E-state index contributed by atoms with van der Waals surface area (Å²) in [4.78, 5) is 4.41. The quantitative estimate of drug-likeness (QED) is 0.477. The molecule has 21 heavy (non-hydrogen) atoms. The molecule has 1 heterocycles. The van der Waals surface area contributed by atoms with Gasteiger partial charge in [-0.15, -0.1) is 0 Å². The van der Waals surface area contributed by atoms with Crippen LogP contribution in [0.15, 0.2) is 36.5 Å². The Kier molecular flexibility index (Phi) is 7.44. The van der Waals surface area contributed by atoms with Crippen molar-refractivity contribution in [1.29, 1.82) is 0 Å². The predicted molar refractivity (Wildman–Crippen MR) is 93.4 cm³/mol. The Morgan fingerprint density at radius 3 is 2.38 bits per heavy atom. The van der Waals surface area contributed by atoms with Gasteiger partial charge in [-0.25, -0.2) is 0 Å². The number of para-hydroxylation sites is 1. The van der Waals surface area contributed by atoms with Crippen LogP contribution in [0.1, 0.15) is 44.9 Å². The number of aromatic nitrogens is 1. The first-order valence-electron chi connectivity index (χ1n) is 7.99. The van der Waals surface area contributed by atoms with E-state index >= 15 is 0 Å². The second-order valence-electron chi connectivity index (χ2n) is 5.38. The number of hydrogen-bond donors (Lipinski definition) is 1. The van der Waals surface area contributed by atoms with E-state index in [4.69, 9.17) is 4.74 Å². The highest BCUT2D eigenvalue weighted by Gasteiger charge is 2.02. The minimum atomic E-state index is 0.784. The Balaban J connectivity index is 1.64. The number of pyridine rings is 1. The van der Waals surface area contributed by atoms with Crippen LogP contribution in [-0.4, -0.2) is 17.3 Å². The lowest BCUT2D eigenvalue weighted by Gasteiger charge is -2.08. The molecule has 0 saturated carbocycles. The molecule has 0 unspecified atom stereocenters. The van der Waals surface area contributed by atoms with Crippen molar-refractivity contribution in [2.75, 3.05) is 12.4 Å². The fourth-order valence-electron chi connectivity index (χ4n) is 2.47. The Hall–Kier alpha value is -1.22. The summed E-state index contributed by atoms with van der Waals surface area (Å²) in [6.07, 6.45) is 10.7. The largest absolute Gasteiger partial charge is 0.491 e. The molecule has 0 aliphatic heterocycles. The van der Waals surface area contributed by atoms with Gasteiger partial charge in [0.05, 0.1) is 6.61 Å². The molecule has 1 aromatic carbocycles. The van der Waals surface area contributed by atoms with Crippen molar-refractivity contribution in [2.45, 2.75) is 44.9 Å². The van der Waals surface area contributed by atoms with Crippen molar-refractivity contribution in [3.05, 3.63) is 36.5 Å². The lowest BCUT2D eigenvalue weighted by molar-refractivity contribution is 0.307. The minimum Gasteiger partial charge on any atom is -0.491 e. The molecule has 0 atom stereocenters. The van der Waals surface area contributed by atoms with Gasteiger partial charge in [0.2, 0.25) is 0 Å². The van der Waals surface area contributed by atoms with E-state index in [0.717, 1.165) is 35.4 Å². The van der Waals surface area contributed by atoms with Crippen LogP contribution in [0.3, 0.4) is 0 Å². The van der Waals surface area contributed by atoms with Crippen LogP contribution < -0.4 is 4.74 Å². The highest BCUT2D eigenvalue weighted by atomic mass is 32.1. The molecular weight excluding hydrogens is 278 g/mol. The van der Waals surface area contributed by atoms with E-state index in [2.05, 4.69) is 29.7 Å². The summed E-state index contributed by atoms with van der Waals surface area (Å²) in [5.74, 6) is 1.93. The van der Waals surface area contributed by atoms with Crippen LogP contribution in [0, 0.1) is 0 Å². The van der Waals surface area contributed by atoms with Gasteiger partial charge in [0.15, 0.2) is 0 Å². The third-order valence-corrected chi connectivity index (χ3v) is 3.97. The molecule has 0 N–H and O–H groups in total. The maximum Gasteiger partial charge on any atom is 0.145 e. The molecule has 1 aromatic heterocycles. The van der Waals surface area contributed by atoms with Gasteiger partial charge in [0.1, 0.15) is 11.3 Å². The van der Waals surface area contributed by atoms with E-state index in [-0.39, 0.29) is 0 Å². The molecule has 0 bridgehead atoms. The number of benzene rings is 1. The third kappa shape index (κ3) is 5.58. The Bertz CT molecular complexity index is 524. The number of nitrogens with zero attached hydrogens (tertiary/aromatic N) is 1. The van der Waals surface area contributed by atoms with E-state index in [9.17, 15) is 0 Å². The zero-order valence-electron chi connectivity index (χ0n) is 12.6. The van der Waals surface area contributed by atoms with Crippen molar-refractivity contribution in [2.24, 2.45) is 0 Å². The first-order valence-corrected chi connectivity index (χ1v) is 8.62. The number of rotatable bonds is 10.